The molecule has 2 aromatic rings. The van der Waals surface area contributed by atoms with Gasteiger partial charge in [-0.05, 0) is 19.1 Å². The van der Waals surface area contributed by atoms with E-state index in [2.05, 4.69) is 10.1 Å². The zero-order valence-electron chi connectivity index (χ0n) is 8.45. The van der Waals surface area contributed by atoms with Gasteiger partial charge in [-0.15, -0.1) is 0 Å². The molecule has 1 unspecified atom stereocenters. The molecule has 0 radical (unpaired) electrons. The number of aromatic nitrogens is 2. The normalized spacial score (nSPS) is 12.8. The van der Waals surface area contributed by atoms with Crippen LogP contribution in [0.25, 0.3) is 11.5 Å². The zero-order valence-corrected chi connectivity index (χ0v) is 8.45. The van der Waals surface area contributed by atoms with Gasteiger partial charge in [0.2, 0.25) is 0 Å². The molecule has 1 atom stereocenters. The maximum Gasteiger partial charge on any atom is 0.261 e. The quantitative estimate of drug-likeness (QED) is 0.849. The maximum absolute atomic E-state index is 13.4. The Bertz CT molecular complexity index is 511. The molecule has 0 aliphatic carbocycles. The van der Waals surface area contributed by atoms with Crippen LogP contribution in [0.15, 0.2) is 22.7 Å². The van der Waals surface area contributed by atoms with Crippen molar-refractivity contribution in [1.82, 2.24) is 10.1 Å². The summed E-state index contributed by atoms with van der Waals surface area (Å²) in [5.74, 6) is -1.80. The molecule has 0 saturated heterocycles. The summed E-state index contributed by atoms with van der Waals surface area (Å²) in [6, 6.07) is 3.32. The molecular weight excluding hydrogens is 216 g/mol. The minimum absolute atomic E-state index is 0.0700. The number of rotatable bonds is 2. The fourth-order valence-corrected chi connectivity index (χ4v) is 1.20. The van der Waals surface area contributed by atoms with E-state index in [9.17, 15) is 8.78 Å². The summed E-state index contributed by atoms with van der Waals surface area (Å²) in [6.07, 6.45) is 0. The lowest BCUT2D eigenvalue weighted by atomic mass is 10.2. The van der Waals surface area contributed by atoms with Gasteiger partial charge >= 0.3 is 0 Å². The molecule has 0 fully saturated rings. The van der Waals surface area contributed by atoms with Gasteiger partial charge in [-0.2, -0.15) is 4.98 Å². The molecule has 16 heavy (non-hydrogen) atoms. The topological polar surface area (TPSA) is 64.9 Å². The standard InChI is InChI=1S/C10H9F2N3O/c1-5(13)9-14-10(16-15-9)6-3-2-4-7(11)8(6)12/h2-5H,13H2,1H3. The highest BCUT2D eigenvalue weighted by atomic mass is 19.2. The van der Waals surface area contributed by atoms with Gasteiger partial charge in [0.25, 0.3) is 5.89 Å². The molecule has 0 spiro atoms. The van der Waals surface area contributed by atoms with Crippen molar-refractivity contribution < 1.29 is 13.3 Å². The van der Waals surface area contributed by atoms with Gasteiger partial charge in [0.1, 0.15) is 0 Å². The first-order chi connectivity index (χ1) is 7.59. The van der Waals surface area contributed by atoms with Crippen LogP contribution in [0.1, 0.15) is 18.8 Å². The summed E-state index contributed by atoms with van der Waals surface area (Å²) in [5.41, 5.74) is 5.45. The van der Waals surface area contributed by atoms with Gasteiger partial charge in [-0.25, -0.2) is 8.78 Å². The summed E-state index contributed by atoms with van der Waals surface area (Å²) >= 11 is 0. The number of hydrogen-bond acceptors (Lipinski definition) is 4. The minimum atomic E-state index is -1.01. The van der Waals surface area contributed by atoms with Crippen molar-refractivity contribution in [2.24, 2.45) is 5.73 Å². The molecule has 0 saturated carbocycles. The second kappa shape index (κ2) is 3.97. The van der Waals surface area contributed by atoms with Crippen molar-refractivity contribution in [3.05, 3.63) is 35.7 Å². The van der Waals surface area contributed by atoms with Crippen LogP contribution in [-0.4, -0.2) is 10.1 Å². The van der Waals surface area contributed by atoms with E-state index in [1.54, 1.807) is 6.92 Å². The second-order valence-electron chi connectivity index (χ2n) is 3.35. The maximum atomic E-state index is 13.4. The molecule has 1 heterocycles. The van der Waals surface area contributed by atoms with Crippen LogP contribution in [-0.2, 0) is 0 Å². The summed E-state index contributed by atoms with van der Waals surface area (Å²) in [7, 11) is 0. The average molecular weight is 225 g/mol. The van der Waals surface area contributed by atoms with E-state index in [1.807, 2.05) is 0 Å². The van der Waals surface area contributed by atoms with Crippen molar-refractivity contribution in [2.45, 2.75) is 13.0 Å². The predicted octanol–water partition coefficient (Wildman–Crippen LogP) is 2.03. The van der Waals surface area contributed by atoms with Crippen molar-refractivity contribution in [3.63, 3.8) is 0 Å². The Balaban J connectivity index is 2.47. The lowest BCUT2D eigenvalue weighted by Crippen LogP contribution is -2.06. The van der Waals surface area contributed by atoms with E-state index >= 15 is 0 Å². The Hall–Kier alpha value is -1.82. The number of halogens is 2. The van der Waals surface area contributed by atoms with Gasteiger partial charge in [-0.3, -0.25) is 0 Å². The summed E-state index contributed by atoms with van der Waals surface area (Å²) in [5, 5.41) is 3.56. The molecule has 0 bridgehead atoms. The number of benzene rings is 1. The molecule has 2 N–H and O–H groups in total. The Morgan fingerprint density at radius 1 is 1.38 bits per heavy atom. The average Bonchev–Trinajstić information content (AvgIpc) is 2.71. The highest BCUT2D eigenvalue weighted by Crippen LogP contribution is 2.23. The van der Waals surface area contributed by atoms with Crippen molar-refractivity contribution in [2.75, 3.05) is 0 Å². The molecule has 1 aromatic heterocycles. The van der Waals surface area contributed by atoms with E-state index in [0.717, 1.165) is 6.07 Å². The Morgan fingerprint density at radius 2 is 2.12 bits per heavy atom. The Morgan fingerprint density at radius 3 is 2.75 bits per heavy atom. The SMILES string of the molecule is CC(N)c1noc(-c2cccc(F)c2F)n1. The molecule has 0 amide bonds. The smallest absolute Gasteiger partial charge is 0.261 e. The van der Waals surface area contributed by atoms with E-state index in [0.29, 0.717) is 0 Å². The molecule has 1 aromatic carbocycles. The molecule has 0 aliphatic rings. The second-order valence-corrected chi connectivity index (χ2v) is 3.35. The largest absolute Gasteiger partial charge is 0.334 e. The summed E-state index contributed by atoms with van der Waals surface area (Å²) in [6.45, 7) is 1.66. The van der Waals surface area contributed by atoms with Crippen LogP contribution in [0, 0.1) is 11.6 Å². The number of nitrogens with zero attached hydrogens (tertiary/aromatic N) is 2. The third-order valence-electron chi connectivity index (χ3n) is 2.03. The van der Waals surface area contributed by atoms with Gasteiger partial charge in [0.05, 0.1) is 11.6 Å². The molecule has 0 aliphatic heterocycles. The first-order valence-electron chi connectivity index (χ1n) is 4.63. The lowest BCUT2D eigenvalue weighted by molar-refractivity contribution is 0.414. The van der Waals surface area contributed by atoms with E-state index < -0.39 is 17.7 Å². The summed E-state index contributed by atoms with van der Waals surface area (Å²) in [4.78, 5) is 3.87. The van der Waals surface area contributed by atoms with Crippen LogP contribution in [0.5, 0.6) is 0 Å². The highest BCUT2D eigenvalue weighted by Gasteiger charge is 2.17. The van der Waals surface area contributed by atoms with Gasteiger partial charge in [0, 0.05) is 0 Å². The summed E-state index contributed by atoms with van der Waals surface area (Å²) < 4.78 is 31.1. The third-order valence-corrected chi connectivity index (χ3v) is 2.03. The minimum Gasteiger partial charge on any atom is -0.334 e. The van der Waals surface area contributed by atoms with Crippen LogP contribution in [0.4, 0.5) is 8.78 Å². The zero-order chi connectivity index (χ0) is 11.7. The fourth-order valence-electron chi connectivity index (χ4n) is 1.20. The molecular formula is C10H9F2N3O. The van der Waals surface area contributed by atoms with Crippen molar-refractivity contribution in [3.8, 4) is 11.5 Å². The number of hydrogen-bond donors (Lipinski definition) is 1. The first kappa shape index (κ1) is 10.7. The van der Waals surface area contributed by atoms with Gasteiger partial charge in [-0.1, -0.05) is 11.2 Å². The van der Waals surface area contributed by atoms with Gasteiger partial charge < -0.3 is 10.3 Å². The fraction of sp³-hybridized carbons (Fsp3) is 0.200. The lowest BCUT2D eigenvalue weighted by Gasteiger charge is -1.97. The number of nitrogens with two attached hydrogens (primary N) is 1. The van der Waals surface area contributed by atoms with Crippen LogP contribution >= 0.6 is 0 Å². The monoisotopic (exact) mass is 225 g/mol. The molecule has 84 valence electrons. The Labute approximate surface area is 90.1 Å². The first-order valence-corrected chi connectivity index (χ1v) is 4.63. The Kier molecular flexibility index (Phi) is 2.66. The molecule has 2 rings (SSSR count). The molecule has 6 heteroatoms. The van der Waals surface area contributed by atoms with Gasteiger partial charge in [0.15, 0.2) is 17.5 Å². The van der Waals surface area contributed by atoms with E-state index in [-0.39, 0.29) is 17.3 Å². The van der Waals surface area contributed by atoms with E-state index in [4.69, 9.17) is 10.3 Å². The van der Waals surface area contributed by atoms with Crippen LogP contribution < -0.4 is 5.73 Å². The predicted molar refractivity (Wildman–Crippen MR) is 52.3 cm³/mol. The van der Waals surface area contributed by atoms with E-state index in [1.165, 1.54) is 12.1 Å². The van der Waals surface area contributed by atoms with Crippen LogP contribution in [0.2, 0.25) is 0 Å². The van der Waals surface area contributed by atoms with Crippen molar-refractivity contribution in [1.29, 1.82) is 0 Å². The van der Waals surface area contributed by atoms with Crippen LogP contribution in [0.3, 0.4) is 0 Å². The third kappa shape index (κ3) is 1.79. The highest BCUT2D eigenvalue weighted by molar-refractivity contribution is 5.53. The van der Waals surface area contributed by atoms with Crippen molar-refractivity contribution >= 4 is 0 Å². The molecule has 4 nitrogen and oxygen atoms in total.